The molecule has 0 heterocycles. The number of unbranched alkanes of at least 4 members (excludes halogenated alkanes) is 34. The van der Waals surface area contributed by atoms with Gasteiger partial charge in [-0.3, -0.25) is 9.59 Å². The summed E-state index contributed by atoms with van der Waals surface area (Å²) >= 11 is 0. The Labute approximate surface area is 392 Å². The SMILES string of the molecule is CC/C=C/C=C/C=C/CCCCCCCC(CC(=O)NC(CO)C(O)CCCCCCCCCCCCCCC)OC(=O)CCCCCCCCCCCCCCCCCCCC. The van der Waals surface area contributed by atoms with Crippen LogP contribution in [0, 0.1) is 0 Å². The van der Waals surface area contributed by atoms with Gasteiger partial charge in [0.2, 0.25) is 5.91 Å². The number of carbonyl (C=O) groups is 2. The van der Waals surface area contributed by atoms with Crippen LogP contribution >= 0.6 is 0 Å². The zero-order valence-electron chi connectivity index (χ0n) is 42.2. The molecule has 1 amide bonds. The Bertz CT molecular complexity index is 1040. The summed E-state index contributed by atoms with van der Waals surface area (Å²) in [6.45, 7) is 6.38. The van der Waals surface area contributed by atoms with Crippen LogP contribution in [0.1, 0.15) is 290 Å². The van der Waals surface area contributed by atoms with Gasteiger partial charge in [-0.2, -0.15) is 0 Å². The third-order valence-electron chi connectivity index (χ3n) is 12.8. The van der Waals surface area contributed by atoms with Gasteiger partial charge < -0.3 is 20.3 Å². The van der Waals surface area contributed by atoms with Crippen molar-refractivity contribution in [1.29, 1.82) is 0 Å². The first kappa shape index (κ1) is 61.1. The predicted octanol–water partition coefficient (Wildman–Crippen LogP) is 16.8. The van der Waals surface area contributed by atoms with E-state index in [0.717, 1.165) is 83.5 Å². The van der Waals surface area contributed by atoms with Gasteiger partial charge in [0, 0.05) is 6.42 Å². The van der Waals surface area contributed by atoms with Crippen molar-refractivity contribution >= 4 is 11.9 Å². The molecule has 0 aromatic rings. The zero-order chi connectivity index (χ0) is 45.9. The predicted molar refractivity (Wildman–Crippen MR) is 273 cm³/mol. The second-order valence-corrected chi connectivity index (χ2v) is 19.0. The maximum absolute atomic E-state index is 13.2. The van der Waals surface area contributed by atoms with Crippen LogP contribution in [0.2, 0.25) is 0 Å². The number of esters is 1. The van der Waals surface area contributed by atoms with Crippen molar-refractivity contribution in [2.24, 2.45) is 0 Å². The summed E-state index contributed by atoms with van der Waals surface area (Å²) in [5, 5.41) is 23.8. The van der Waals surface area contributed by atoms with Crippen LogP contribution in [-0.4, -0.2) is 46.9 Å². The normalized spacial score (nSPS) is 13.4. The minimum Gasteiger partial charge on any atom is -0.462 e. The molecule has 0 aromatic carbocycles. The molecule has 0 radical (unpaired) electrons. The molecule has 6 nitrogen and oxygen atoms in total. The van der Waals surface area contributed by atoms with E-state index >= 15 is 0 Å². The van der Waals surface area contributed by atoms with Crippen LogP contribution in [0.25, 0.3) is 0 Å². The Morgan fingerprint density at radius 3 is 1.29 bits per heavy atom. The molecular formula is C57H107NO5. The second-order valence-electron chi connectivity index (χ2n) is 19.0. The first-order valence-corrected chi connectivity index (χ1v) is 27.7. The highest BCUT2D eigenvalue weighted by molar-refractivity contribution is 5.77. The Morgan fingerprint density at radius 1 is 0.476 bits per heavy atom. The lowest BCUT2D eigenvalue weighted by Gasteiger charge is -2.24. The van der Waals surface area contributed by atoms with Crippen LogP contribution in [0.4, 0.5) is 0 Å². The summed E-state index contributed by atoms with van der Waals surface area (Å²) in [5.74, 6) is -0.480. The third kappa shape index (κ3) is 46.4. The number of hydrogen-bond acceptors (Lipinski definition) is 5. The Hall–Kier alpha value is -1.92. The van der Waals surface area contributed by atoms with E-state index in [1.165, 1.54) is 161 Å². The largest absolute Gasteiger partial charge is 0.462 e. The smallest absolute Gasteiger partial charge is 0.306 e. The number of ether oxygens (including phenoxy) is 1. The molecule has 0 rings (SSSR count). The quantitative estimate of drug-likeness (QED) is 0.0321. The minimum atomic E-state index is -0.791. The van der Waals surface area contributed by atoms with E-state index in [-0.39, 0.29) is 24.9 Å². The fourth-order valence-corrected chi connectivity index (χ4v) is 8.61. The van der Waals surface area contributed by atoms with Gasteiger partial charge in [-0.15, -0.1) is 0 Å². The molecule has 3 unspecified atom stereocenters. The molecule has 0 saturated carbocycles. The highest BCUT2D eigenvalue weighted by Gasteiger charge is 2.24. The van der Waals surface area contributed by atoms with Crippen molar-refractivity contribution in [3.8, 4) is 0 Å². The summed E-state index contributed by atoms with van der Waals surface area (Å²) in [5.41, 5.74) is 0. The van der Waals surface area contributed by atoms with Gasteiger partial charge in [0.05, 0.1) is 25.2 Å². The molecule has 0 bridgehead atoms. The fraction of sp³-hybridized carbons (Fsp3) is 0.860. The van der Waals surface area contributed by atoms with Crippen LogP contribution in [0.3, 0.4) is 0 Å². The number of rotatable bonds is 50. The van der Waals surface area contributed by atoms with Gasteiger partial charge in [0.25, 0.3) is 0 Å². The lowest BCUT2D eigenvalue weighted by molar-refractivity contribution is -0.151. The second kappa shape index (κ2) is 51.1. The number of aliphatic hydroxyl groups excluding tert-OH is 2. The lowest BCUT2D eigenvalue weighted by atomic mass is 10.0. The molecule has 0 spiro atoms. The molecule has 0 aliphatic heterocycles. The number of allylic oxidation sites excluding steroid dienone is 6. The Kier molecular flexibility index (Phi) is 49.5. The Balaban J connectivity index is 4.51. The van der Waals surface area contributed by atoms with Gasteiger partial charge in [-0.25, -0.2) is 0 Å². The molecule has 3 atom stereocenters. The van der Waals surface area contributed by atoms with Crippen molar-refractivity contribution in [1.82, 2.24) is 5.32 Å². The van der Waals surface area contributed by atoms with E-state index in [0.29, 0.717) is 19.3 Å². The first-order chi connectivity index (χ1) is 31.0. The van der Waals surface area contributed by atoms with E-state index in [9.17, 15) is 19.8 Å². The monoisotopic (exact) mass is 886 g/mol. The molecule has 0 fully saturated rings. The molecule has 0 aliphatic carbocycles. The summed E-state index contributed by atoms with van der Waals surface area (Å²) < 4.78 is 5.94. The summed E-state index contributed by atoms with van der Waals surface area (Å²) in [6.07, 6.45) is 60.7. The molecular weight excluding hydrogens is 779 g/mol. The average Bonchev–Trinajstić information content (AvgIpc) is 3.28. The molecule has 0 saturated heterocycles. The van der Waals surface area contributed by atoms with Crippen molar-refractivity contribution in [2.45, 2.75) is 309 Å². The van der Waals surface area contributed by atoms with Gasteiger partial charge >= 0.3 is 5.97 Å². The molecule has 3 N–H and O–H groups in total. The van der Waals surface area contributed by atoms with Crippen LogP contribution in [-0.2, 0) is 14.3 Å². The van der Waals surface area contributed by atoms with Crippen molar-refractivity contribution < 1.29 is 24.5 Å². The standard InChI is InChI=1S/C57H107NO5/c1-4-7-10-13-16-19-22-25-26-27-28-29-32-35-38-41-44-47-50-57(62)63-53(48-45-42-39-36-33-30-23-20-17-14-11-8-5-2)51-56(61)58-54(52-59)55(60)49-46-43-40-37-34-31-24-21-18-15-12-9-6-3/h8,11,14,17,20,23,53-55,59-60H,4-7,9-10,12-13,15-16,18-19,21-22,24-52H2,1-3H3,(H,58,61)/b11-8+,17-14+,23-20+. The number of amides is 1. The number of aliphatic hydroxyl groups is 2. The molecule has 370 valence electrons. The van der Waals surface area contributed by atoms with Gasteiger partial charge in [0.1, 0.15) is 6.10 Å². The Morgan fingerprint density at radius 2 is 0.857 bits per heavy atom. The van der Waals surface area contributed by atoms with E-state index < -0.39 is 18.2 Å². The zero-order valence-corrected chi connectivity index (χ0v) is 42.2. The van der Waals surface area contributed by atoms with Crippen LogP contribution < -0.4 is 5.32 Å². The summed E-state index contributed by atoms with van der Waals surface area (Å²) in [4.78, 5) is 26.2. The minimum absolute atomic E-state index is 0.0680. The third-order valence-corrected chi connectivity index (χ3v) is 12.8. The maximum Gasteiger partial charge on any atom is 0.306 e. The average molecular weight is 886 g/mol. The topological polar surface area (TPSA) is 95.9 Å². The number of hydrogen-bond donors (Lipinski definition) is 3. The van der Waals surface area contributed by atoms with Crippen molar-refractivity contribution in [3.63, 3.8) is 0 Å². The maximum atomic E-state index is 13.2. The van der Waals surface area contributed by atoms with E-state index in [4.69, 9.17) is 4.74 Å². The highest BCUT2D eigenvalue weighted by atomic mass is 16.5. The number of nitrogens with one attached hydrogen (secondary N) is 1. The van der Waals surface area contributed by atoms with Crippen LogP contribution in [0.5, 0.6) is 0 Å². The summed E-state index contributed by atoms with van der Waals surface area (Å²) in [6, 6.07) is -0.705. The van der Waals surface area contributed by atoms with Crippen molar-refractivity contribution in [3.05, 3.63) is 36.5 Å². The molecule has 6 heteroatoms. The summed E-state index contributed by atoms with van der Waals surface area (Å²) in [7, 11) is 0. The van der Waals surface area contributed by atoms with Gasteiger partial charge in [-0.1, -0.05) is 269 Å². The van der Waals surface area contributed by atoms with Gasteiger partial charge in [0.15, 0.2) is 0 Å². The lowest BCUT2D eigenvalue weighted by Crippen LogP contribution is -2.46. The molecule has 63 heavy (non-hydrogen) atoms. The van der Waals surface area contributed by atoms with E-state index in [1.54, 1.807) is 0 Å². The van der Waals surface area contributed by atoms with Crippen LogP contribution in [0.15, 0.2) is 36.5 Å². The highest BCUT2D eigenvalue weighted by Crippen LogP contribution is 2.19. The number of carbonyl (C=O) groups excluding carboxylic acids is 2. The molecule has 0 aromatic heterocycles. The molecule has 0 aliphatic rings. The van der Waals surface area contributed by atoms with E-state index in [2.05, 4.69) is 62.5 Å². The van der Waals surface area contributed by atoms with Gasteiger partial charge in [-0.05, 0) is 44.9 Å². The fourth-order valence-electron chi connectivity index (χ4n) is 8.61. The van der Waals surface area contributed by atoms with Crippen molar-refractivity contribution in [2.75, 3.05) is 6.61 Å². The first-order valence-electron chi connectivity index (χ1n) is 27.7. The van der Waals surface area contributed by atoms with E-state index in [1.807, 2.05) is 0 Å².